The summed E-state index contributed by atoms with van der Waals surface area (Å²) >= 11 is 0. The van der Waals surface area contributed by atoms with E-state index in [0.29, 0.717) is 29.4 Å². The lowest BCUT2D eigenvalue weighted by molar-refractivity contribution is 0.102. The van der Waals surface area contributed by atoms with E-state index in [1.165, 1.54) is 0 Å². The average Bonchev–Trinajstić information content (AvgIpc) is 3.19. The first-order chi connectivity index (χ1) is 13.6. The van der Waals surface area contributed by atoms with Crippen LogP contribution >= 0.6 is 0 Å². The quantitative estimate of drug-likeness (QED) is 0.529. The highest BCUT2D eigenvalue weighted by Gasteiger charge is 2.11. The number of rotatable bonds is 8. The van der Waals surface area contributed by atoms with Gasteiger partial charge in [-0.1, -0.05) is 25.5 Å². The van der Waals surface area contributed by atoms with E-state index >= 15 is 0 Å². The summed E-state index contributed by atoms with van der Waals surface area (Å²) in [4.78, 5) is 12.6. The van der Waals surface area contributed by atoms with E-state index in [1.54, 1.807) is 24.3 Å². The van der Waals surface area contributed by atoms with Crippen molar-refractivity contribution in [1.82, 2.24) is 0 Å². The predicted octanol–water partition coefficient (Wildman–Crippen LogP) is 5.18. The zero-order chi connectivity index (χ0) is 19.9. The number of amides is 1. The molecule has 0 saturated carbocycles. The Bertz CT molecular complexity index is 928. The lowest BCUT2D eigenvalue weighted by atomic mass is 10.1. The Morgan fingerprint density at radius 1 is 1.11 bits per heavy atom. The van der Waals surface area contributed by atoms with E-state index in [-0.39, 0.29) is 12.5 Å². The molecule has 0 aliphatic heterocycles. The van der Waals surface area contributed by atoms with E-state index in [0.717, 1.165) is 29.7 Å². The van der Waals surface area contributed by atoms with Gasteiger partial charge in [-0.25, -0.2) is 0 Å². The molecule has 5 heteroatoms. The van der Waals surface area contributed by atoms with Crippen LogP contribution in [0.1, 0.15) is 41.4 Å². The van der Waals surface area contributed by atoms with Crippen molar-refractivity contribution in [2.24, 2.45) is 0 Å². The molecule has 146 valence electrons. The minimum atomic E-state index is -0.184. The highest BCUT2D eigenvalue weighted by molar-refractivity contribution is 6.05. The van der Waals surface area contributed by atoms with Crippen LogP contribution in [-0.4, -0.2) is 17.6 Å². The van der Waals surface area contributed by atoms with Gasteiger partial charge in [0.1, 0.15) is 23.9 Å². The fourth-order valence-corrected chi connectivity index (χ4v) is 2.76. The molecule has 0 atom stereocenters. The van der Waals surface area contributed by atoms with Gasteiger partial charge in [0, 0.05) is 16.8 Å². The zero-order valence-electron chi connectivity index (χ0n) is 16.2. The molecule has 2 aromatic carbocycles. The second kappa shape index (κ2) is 9.24. The van der Waals surface area contributed by atoms with Crippen LogP contribution in [0.2, 0.25) is 0 Å². The van der Waals surface area contributed by atoms with Gasteiger partial charge in [0.2, 0.25) is 0 Å². The first-order valence-electron chi connectivity index (χ1n) is 9.45. The van der Waals surface area contributed by atoms with Gasteiger partial charge in [0.05, 0.1) is 6.61 Å². The van der Waals surface area contributed by atoms with Crippen LogP contribution in [-0.2, 0) is 6.61 Å². The number of aryl methyl sites for hydroxylation is 1. The molecule has 0 saturated heterocycles. The smallest absolute Gasteiger partial charge is 0.255 e. The third-order valence-corrected chi connectivity index (χ3v) is 4.47. The molecule has 1 amide bonds. The van der Waals surface area contributed by atoms with E-state index in [9.17, 15) is 4.79 Å². The molecule has 0 radical (unpaired) electrons. The minimum Gasteiger partial charge on any atom is -0.494 e. The number of unbranched alkanes of at least 4 members (excludes halogenated alkanes) is 1. The normalized spacial score (nSPS) is 10.7. The van der Waals surface area contributed by atoms with Crippen molar-refractivity contribution >= 4 is 11.6 Å². The van der Waals surface area contributed by atoms with E-state index in [1.807, 2.05) is 37.3 Å². The first-order valence-corrected chi connectivity index (χ1v) is 9.45. The summed E-state index contributed by atoms with van der Waals surface area (Å²) in [6.45, 7) is 4.59. The van der Waals surface area contributed by atoms with Crippen molar-refractivity contribution in [2.45, 2.75) is 33.3 Å². The molecule has 0 aliphatic carbocycles. The Hall–Kier alpha value is -3.05. The number of ether oxygens (including phenoxy) is 1. The monoisotopic (exact) mass is 379 g/mol. The molecule has 0 bridgehead atoms. The van der Waals surface area contributed by atoms with Gasteiger partial charge < -0.3 is 19.6 Å². The largest absolute Gasteiger partial charge is 0.494 e. The van der Waals surface area contributed by atoms with Crippen LogP contribution in [0, 0.1) is 6.92 Å². The van der Waals surface area contributed by atoms with Gasteiger partial charge in [-0.15, -0.1) is 0 Å². The number of benzene rings is 2. The Morgan fingerprint density at radius 2 is 1.89 bits per heavy atom. The van der Waals surface area contributed by atoms with Gasteiger partial charge >= 0.3 is 0 Å². The summed E-state index contributed by atoms with van der Waals surface area (Å²) in [6.07, 6.45) is 2.09. The average molecular weight is 379 g/mol. The van der Waals surface area contributed by atoms with Crippen molar-refractivity contribution in [3.05, 3.63) is 71.5 Å². The molecular weight excluding hydrogens is 354 g/mol. The number of carbonyl (C=O) groups excluding carboxylic acids is 1. The van der Waals surface area contributed by atoms with E-state index in [4.69, 9.17) is 14.3 Å². The van der Waals surface area contributed by atoms with Gasteiger partial charge in [0.15, 0.2) is 0 Å². The van der Waals surface area contributed by atoms with Crippen molar-refractivity contribution in [3.63, 3.8) is 0 Å². The van der Waals surface area contributed by atoms with Gasteiger partial charge in [-0.3, -0.25) is 4.79 Å². The zero-order valence-corrected chi connectivity index (χ0v) is 16.2. The number of aliphatic hydroxyl groups excluding tert-OH is 1. The molecule has 0 spiro atoms. The van der Waals surface area contributed by atoms with Crippen molar-refractivity contribution < 1.29 is 19.1 Å². The molecule has 2 N–H and O–H groups in total. The molecule has 3 aromatic rings. The Kier molecular flexibility index (Phi) is 6.50. The third kappa shape index (κ3) is 4.81. The predicted molar refractivity (Wildman–Crippen MR) is 110 cm³/mol. The lowest BCUT2D eigenvalue weighted by Crippen LogP contribution is -2.12. The Labute approximate surface area is 165 Å². The van der Waals surface area contributed by atoms with Crippen LogP contribution in [0.15, 0.2) is 59.0 Å². The number of furan rings is 1. The summed E-state index contributed by atoms with van der Waals surface area (Å²) in [5.74, 6) is 1.73. The summed E-state index contributed by atoms with van der Waals surface area (Å²) in [5, 5.41) is 12.1. The van der Waals surface area contributed by atoms with Crippen LogP contribution in [0.3, 0.4) is 0 Å². The van der Waals surface area contributed by atoms with Crippen LogP contribution in [0.4, 0.5) is 5.69 Å². The van der Waals surface area contributed by atoms with Gasteiger partial charge in [-0.05, 0) is 61.4 Å². The maximum absolute atomic E-state index is 12.6. The lowest BCUT2D eigenvalue weighted by Gasteiger charge is -2.11. The standard InChI is InChI=1S/C23H25NO4/c1-3-4-13-27-19-9-7-17(8-10-19)23(26)24-21-14-18(6-5-16(21)2)22-12-11-20(15-25)28-22/h5-12,14,25H,3-4,13,15H2,1-2H3,(H,24,26). The summed E-state index contributed by atoms with van der Waals surface area (Å²) in [6, 6.07) is 16.4. The van der Waals surface area contributed by atoms with Crippen molar-refractivity contribution in [2.75, 3.05) is 11.9 Å². The van der Waals surface area contributed by atoms with Crippen molar-refractivity contribution in [1.29, 1.82) is 0 Å². The maximum Gasteiger partial charge on any atom is 0.255 e. The van der Waals surface area contributed by atoms with Gasteiger partial charge in [-0.2, -0.15) is 0 Å². The van der Waals surface area contributed by atoms with Crippen LogP contribution in [0.25, 0.3) is 11.3 Å². The molecule has 0 unspecified atom stereocenters. The number of nitrogens with one attached hydrogen (secondary N) is 1. The highest BCUT2D eigenvalue weighted by Crippen LogP contribution is 2.27. The molecule has 0 aliphatic rings. The Morgan fingerprint density at radius 3 is 2.57 bits per heavy atom. The topological polar surface area (TPSA) is 71.7 Å². The fourth-order valence-electron chi connectivity index (χ4n) is 2.76. The third-order valence-electron chi connectivity index (χ3n) is 4.47. The minimum absolute atomic E-state index is 0.145. The van der Waals surface area contributed by atoms with E-state index in [2.05, 4.69) is 12.2 Å². The molecule has 1 aromatic heterocycles. The first kappa shape index (κ1) is 19.7. The maximum atomic E-state index is 12.6. The van der Waals surface area contributed by atoms with Crippen LogP contribution < -0.4 is 10.1 Å². The number of hydrogen-bond donors (Lipinski definition) is 2. The SMILES string of the molecule is CCCCOc1ccc(C(=O)Nc2cc(-c3ccc(CO)o3)ccc2C)cc1. The summed E-state index contributed by atoms with van der Waals surface area (Å²) in [7, 11) is 0. The number of hydrogen-bond acceptors (Lipinski definition) is 4. The molecule has 3 rings (SSSR count). The summed E-state index contributed by atoms with van der Waals surface area (Å²) < 4.78 is 11.2. The number of aliphatic hydroxyl groups is 1. The van der Waals surface area contributed by atoms with Crippen molar-refractivity contribution in [3.8, 4) is 17.1 Å². The highest BCUT2D eigenvalue weighted by atomic mass is 16.5. The molecule has 5 nitrogen and oxygen atoms in total. The second-order valence-corrected chi connectivity index (χ2v) is 6.63. The molecule has 0 fully saturated rings. The van der Waals surface area contributed by atoms with Crippen LogP contribution in [0.5, 0.6) is 5.75 Å². The Balaban J connectivity index is 1.72. The van der Waals surface area contributed by atoms with Gasteiger partial charge in [0.25, 0.3) is 5.91 Å². The molecule has 1 heterocycles. The second-order valence-electron chi connectivity index (χ2n) is 6.63. The number of anilines is 1. The number of carbonyl (C=O) groups is 1. The van der Waals surface area contributed by atoms with E-state index < -0.39 is 0 Å². The fraction of sp³-hybridized carbons (Fsp3) is 0.261. The molecular formula is C23H25NO4. The summed E-state index contributed by atoms with van der Waals surface area (Å²) in [5.41, 5.74) is 3.06. The molecule has 28 heavy (non-hydrogen) atoms.